The number of ether oxygens (including phenoxy) is 1. The number of hydrogen-bond donors (Lipinski definition) is 2. The lowest BCUT2D eigenvalue weighted by molar-refractivity contribution is -0.145. The van der Waals surface area contributed by atoms with Crippen molar-refractivity contribution in [1.82, 2.24) is 10.6 Å². The van der Waals surface area contributed by atoms with Gasteiger partial charge in [-0.1, -0.05) is 36.4 Å². The van der Waals surface area contributed by atoms with Gasteiger partial charge in [0.15, 0.2) is 0 Å². The lowest BCUT2D eigenvalue weighted by Crippen LogP contribution is -2.52. The summed E-state index contributed by atoms with van der Waals surface area (Å²) in [5.41, 5.74) is 0.909. The van der Waals surface area contributed by atoms with Gasteiger partial charge >= 0.3 is 5.97 Å². The fourth-order valence-corrected chi connectivity index (χ4v) is 2.25. The summed E-state index contributed by atoms with van der Waals surface area (Å²) < 4.78 is 4.71. The third-order valence-electron chi connectivity index (χ3n) is 3.44. The van der Waals surface area contributed by atoms with Crippen molar-refractivity contribution in [3.63, 3.8) is 0 Å². The molecule has 6 heteroatoms. The summed E-state index contributed by atoms with van der Waals surface area (Å²) in [5, 5.41) is 5.28. The Hall–Kier alpha value is -2.63. The van der Waals surface area contributed by atoms with E-state index >= 15 is 0 Å². The second-order valence-corrected chi connectivity index (χ2v) is 5.39. The molecule has 0 spiro atoms. The zero-order valence-corrected chi connectivity index (χ0v) is 14.1. The largest absolute Gasteiger partial charge is 0.467 e. The first-order valence-corrected chi connectivity index (χ1v) is 7.78. The van der Waals surface area contributed by atoms with Crippen LogP contribution in [0.1, 0.15) is 25.3 Å². The number of allylic oxidation sites excluding steroid dienone is 1. The van der Waals surface area contributed by atoms with Crippen molar-refractivity contribution in [2.45, 2.75) is 38.3 Å². The molecular formula is C18H24N2O4. The van der Waals surface area contributed by atoms with Crippen molar-refractivity contribution < 1.29 is 19.1 Å². The number of hydrogen-bond acceptors (Lipinski definition) is 4. The monoisotopic (exact) mass is 332 g/mol. The summed E-state index contributed by atoms with van der Waals surface area (Å²) >= 11 is 0. The molecule has 0 radical (unpaired) electrons. The predicted molar refractivity (Wildman–Crippen MR) is 91.1 cm³/mol. The van der Waals surface area contributed by atoms with Gasteiger partial charge in [-0.05, 0) is 18.4 Å². The number of carbonyl (C=O) groups is 3. The zero-order chi connectivity index (χ0) is 17.9. The Morgan fingerprint density at radius 1 is 1.17 bits per heavy atom. The number of rotatable bonds is 9. The minimum atomic E-state index is -0.771. The van der Waals surface area contributed by atoms with Gasteiger partial charge in [0.05, 0.1) is 7.11 Å². The van der Waals surface area contributed by atoms with E-state index in [4.69, 9.17) is 4.74 Å². The fraction of sp³-hybridized carbons (Fsp3) is 0.389. The van der Waals surface area contributed by atoms with Gasteiger partial charge in [0.2, 0.25) is 11.8 Å². The Kier molecular flexibility index (Phi) is 8.25. The van der Waals surface area contributed by atoms with Gasteiger partial charge in [0.25, 0.3) is 0 Å². The number of amides is 2. The molecule has 1 rings (SSSR count). The van der Waals surface area contributed by atoms with Crippen LogP contribution in [0.25, 0.3) is 0 Å². The molecule has 0 unspecified atom stereocenters. The molecule has 2 N–H and O–H groups in total. The Bertz CT molecular complexity index is 572. The van der Waals surface area contributed by atoms with Gasteiger partial charge in [-0.2, -0.15) is 0 Å². The van der Waals surface area contributed by atoms with Gasteiger partial charge in [-0.3, -0.25) is 9.59 Å². The molecule has 2 atom stereocenters. The maximum absolute atomic E-state index is 12.5. The Labute approximate surface area is 142 Å². The number of nitrogens with one attached hydrogen (secondary N) is 2. The first-order valence-electron chi connectivity index (χ1n) is 7.78. The first-order chi connectivity index (χ1) is 11.5. The summed E-state index contributed by atoms with van der Waals surface area (Å²) in [6, 6.07) is 7.81. The Balaban J connectivity index is 2.83. The van der Waals surface area contributed by atoms with Crippen LogP contribution in [0.5, 0.6) is 0 Å². The Morgan fingerprint density at radius 3 is 2.38 bits per heavy atom. The van der Waals surface area contributed by atoms with Crippen LogP contribution in [-0.4, -0.2) is 37.0 Å². The molecule has 24 heavy (non-hydrogen) atoms. The molecule has 0 aromatic heterocycles. The van der Waals surface area contributed by atoms with E-state index in [1.807, 2.05) is 30.3 Å². The van der Waals surface area contributed by atoms with E-state index < -0.39 is 24.0 Å². The van der Waals surface area contributed by atoms with Crippen LogP contribution in [-0.2, 0) is 25.5 Å². The third-order valence-corrected chi connectivity index (χ3v) is 3.44. The topological polar surface area (TPSA) is 84.5 Å². The summed E-state index contributed by atoms with van der Waals surface area (Å²) in [4.78, 5) is 35.7. The zero-order valence-electron chi connectivity index (χ0n) is 14.1. The van der Waals surface area contributed by atoms with E-state index in [-0.39, 0.29) is 5.91 Å². The van der Waals surface area contributed by atoms with Crippen LogP contribution in [0.4, 0.5) is 0 Å². The van der Waals surface area contributed by atoms with Crippen molar-refractivity contribution in [3.8, 4) is 0 Å². The standard InChI is InChI=1S/C18H24N2O4/c1-4-5-11-15(18(23)24-3)20-17(22)16(19-13(2)21)12-14-9-7-6-8-10-14/h4,6-10,15-16H,1,5,11-12H2,2-3H3,(H,19,21)(H,20,22)/t15-,16+/m0/s1. The number of methoxy groups -OCH3 is 1. The molecule has 2 amide bonds. The molecule has 0 fully saturated rings. The second kappa shape index (κ2) is 10.2. The summed E-state index contributed by atoms with van der Waals surface area (Å²) in [6.07, 6.45) is 2.95. The molecule has 0 aliphatic carbocycles. The quantitative estimate of drug-likeness (QED) is 0.528. The minimum absolute atomic E-state index is 0.313. The van der Waals surface area contributed by atoms with E-state index in [1.54, 1.807) is 6.08 Å². The first kappa shape index (κ1) is 19.4. The smallest absolute Gasteiger partial charge is 0.328 e. The van der Waals surface area contributed by atoms with E-state index in [0.717, 1.165) is 5.56 Å². The molecule has 130 valence electrons. The van der Waals surface area contributed by atoms with Crippen molar-refractivity contribution in [2.75, 3.05) is 7.11 Å². The van der Waals surface area contributed by atoms with E-state index in [9.17, 15) is 14.4 Å². The average Bonchev–Trinajstić information content (AvgIpc) is 2.57. The van der Waals surface area contributed by atoms with Crippen LogP contribution < -0.4 is 10.6 Å². The average molecular weight is 332 g/mol. The van der Waals surface area contributed by atoms with E-state index in [0.29, 0.717) is 19.3 Å². The molecular weight excluding hydrogens is 308 g/mol. The van der Waals surface area contributed by atoms with Crippen LogP contribution in [0.3, 0.4) is 0 Å². The maximum atomic E-state index is 12.5. The van der Waals surface area contributed by atoms with Crippen molar-refractivity contribution in [2.24, 2.45) is 0 Å². The second-order valence-electron chi connectivity index (χ2n) is 5.39. The highest BCUT2D eigenvalue weighted by atomic mass is 16.5. The molecule has 6 nitrogen and oxygen atoms in total. The van der Waals surface area contributed by atoms with Crippen LogP contribution >= 0.6 is 0 Å². The van der Waals surface area contributed by atoms with Crippen LogP contribution in [0, 0.1) is 0 Å². The maximum Gasteiger partial charge on any atom is 0.328 e. The van der Waals surface area contributed by atoms with Crippen LogP contribution in [0.2, 0.25) is 0 Å². The van der Waals surface area contributed by atoms with Gasteiger partial charge in [0, 0.05) is 13.3 Å². The molecule has 1 aromatic rings. The van der Waals surface area contributed by atoms with Crippen LogP contribution in [0.15, 0.2) is 43.0 Å². The van der Waals surface area contributed by atoms with Gasteiger partial charge in [-0.15, -0.1) is 6.58 Å². The molecule has 0 bridgehead atoms. The molecule has 0 aliphatic rings. The van der Waals surface area contributed by atoms with E-state index in [2.05, 4.69) is 17.2 Å². The lowest BCUT2D eigenvalue weighted by Gasteiger charge is -2.21. The summed E-state index contributed by atoms with van der Waals surface area (Å²) in [7, 11) is 1.27. The Morgan fingerprint density at radius 2 is 1.83 bits per heavy atom. The molecule has 0 aliphatic heterocycles. The highest BCUT2D eigenvalue weighted by Crippen LogP contribution is 2.06. The SMILES string of the molecule is C=CCC[C@H](NC(=O)[C@@H](Cc1ccccc1)NC(C)=O)C(=O)OC. The van der Waals surface area contributed by atoms with Gasteiger partial charge in [-0.25, -0.2) is 4.79 Å². The molecule has 0 saturated heterocycles. The van der Waals surface area contributed by atoms with Crippen molar-refractivity contribution in [3.05, 3.63) is 48.6 Å². The van der Waals surface area contributed by atoms with E-state index in [1.165, 1.54) is 14.0 Å². The molecule has 1 aromatic carbocycles. The molecule has 0 saturated carbocycles. The fourth-order valence-electron chi connectivity index (χ4n) is 2.25. The van der Waals surface area contributed by atoms with Gasteiger partial charge < -0.3 is 15.4 Å². The summed E-state index contributed by atoms with van der Waals surface area (Å²) in [6.45, 7) is 4.95. The number of benzene rings is 1. The van der Waals surface area contributed by atoms with Gasteiger partial charge in [0.1, 0.15) is 12.1 Å². The van der Waals surface area contributed by atoms with Crippen molar-refractivity contribution >= 4 is 17.8 Å². The third kappa shape index (κ3) is 6.64. The minimum Gasteiger partial charge on any atom is -0.467 e. The van der Waals surface area contributed by atoms with Crippen molar-refractivity contribution in [1.29, 1.82) is 0 Å². The normalized spacial score (nSPS) is 12.6. The highest BCUT2D eigenvalue weighted by Gasteiger charge is 2.26. The summed E-state index contributed by atoms with van der Waals surface area (Å²) in [5.74, 6) is -1.26. The number of carbonyl (C=O) groups excluding carboxylic acids is 3. The predicted octanol–water partition coefficient (Wildman–Crippen LogP) is 1.36. The lowest BCUT2D eigenvalue weighted by atomic mass is 10.0. The number of esters is 1. The highest BCUT2D eigenvalue weighted by molar-refractivity contribution is 5.90. The molecule has 0 heterocycles.